The third-order valence-corrected chi connectivity index (χ3v) is 6.89. The number of aromatic nitrogens is 3. The Morgan fingerprint density at radius 2 is 1.97 bits per heavy atom. The van der Waals surface area contributed by atoms with Crippen molar-refractivity contribution in [2.24, 2.45) is 0 Å². The highest BCUT2D eigenvalue weighted by Crippen LogP contribution is 2.35. The first-order valence-electron chi connectivity index (χ1n) is 11.5. The number of carbonyl (C=O) groups excluding carboxylic acids is 1. The lowest BCUT2D eigenvalue weighted by Crippen LogP contribution is -2.40. The number of likely N-dealkylation sites (tertiary alicyclic amines) is 1. The van der Waals surface area contributed by atoms with E-state index in [2.05, 4.69) is 58.3 Å². The number of benzene rings is 1. The van der Waals surface area contributed by atoms with Crippen LogP contribution in [0.1, 0.15) is 36.8 Å². The fourth-order valence-corrected chi connectivity index (χ4v) is 4.96. The molecular formula is C26H31N5O. The monoisotopic (exact) mass is 429 g/mol. The molecule has 6 nitrogen and oxygen atoms in total. The van der Waals surface area contributed by atoms with Gasteiger partial charge in [0, 0.05) is 54.8 Å². The summed E-state index contributed by atoms with van der Waals surface area (Å²) < 4.78 is 2.04. The molecule has 3 aromatic heterocycles. The third-order valence-electron chi connectivity index (χ3n) is 6.89. The quantitative estimate of drug-likeness (QED) is 0.514. The summed E-state index contributed by atoms with van der Waals surface area (Å²) in [5.74, 6) is 0.736. The number of H-pyrrole nitrogens is 1. The summed E-state index contributed by atoms with van der Waals surface area (Å²) in [5.41, 5.74) is 7.31. The van der Waals surface area contributed by atoms with Gasteiger partial charge in [-0.25, -0.2) is 4.98 Å². The molecule has 1 fully saturated rings. The van der Waals surface area contributed by atoms with E-state index in [0.29, 0.717) is 12.5 Å². The van der Waals surface area contributed by atoms with E-state index in [-0.39, 0.29) is 5.91 Å². The predicted molar refractivity (Wildman–Crippen MR) is 129 cm³/mol. The van der Waals surface area contributed by atoms with E-state index >= 15 is 0 Å². The van der Waals surface area contributed by atoms with Crippen molar-refractivity contribution in [3.63, 3.8) is 0 Å². The van der Waals surface area contributed by atoms with Crippen LogP contribution in [0.3, 0.4) is 0 Å². The van der Waals surface area contributed by atoms with E-state index in [9.17, 15) is 4.79 Å². The average molecular weight is 430 g/mol. The number of amides is 1. The van der Waals surface area contributed by atoms with Gasteiger partial charge in [-0.1, -0.05) is 13.0 Å². The van der Waals surface area contributed by atoms with Gasteiger partial charge in [0.05, 0.1) is 6.54 Å². The fourth-order valence-electron chi connectivity index (χ4n) is 4.96. The minimum Gasteiger partial charge on any atom is -0.354 e. The van der Waals surface area contributed by atoms with Gasteiger partial charge in [-0.05, 0) is 73.7 Å². The standard InChI is InChI=1S/C26H31N5O/c1-4-21-22-15-19(18-7-11-30(12-8-18)17-25(32)29(2)3)5-6-23(22)28-26(21)20-9-13-31-14-10-27-24(31)16-20/h5-6,9-10,13-16,18,28H,4,7-8,11-12,17H2,1-3H3. The number of aromatic amines is 1. The van der Waals surface area contributed by atoms with Gasteiger partial charge in [0.25, 0.3) is 0 Å². The number of nitrogens with zero attached hydrogens (tertiary/aromatic N) is 4. The van der Waals surface area contributed by atoms with Crippen LogP contribution in [0, 0.1) is 0 Å². The summed E-state index contributed by atoms with van der Waals surface area (Å²) in [6.45, 7) is 4.71. The first-order valence-corrected chi connectivity index (χ1v) is 11.5. The van der Waals surface area contributed by atoms with Gasteiger partial charge in [0.1, 0.15) is 5.65 Å². The molecule has 4 aromatic rings. The molecular weight excluding hydrogens is 398 g/mol. The fraction of sp³-hybridized carbons (Fsp3) is 0.385. The largest absolute Gasteiger partial charge is 0.354 e. The molecule has 0 radical (unpaired) electrons. The van der Waals surface area contributed by atoms with Crippen molar-refractivity contribution < 1.29 is 4.79 Å². The molecule has 0 spiro atoms. The Balaban J connectivity index is 1.40. The van der Waals surface area contributed by atoms with Gasteiger partial charge in [0.2, 0.25) is 5.91 Å². The summed E-state index contributed by atoms with van der Waals surface area (Å²) >= 11 is 0. The van der Waals surface area contributed by atoms with Gasteiger partial charge < -0.3 is 14.3 Å². The maximum atomic E-state index is 12.0. The normalized spacial score (nSPS) is 15.6. The number of piperidine rings is 1. The first-order chi connectivity index (χ1) is 15.5. The Bertz CT molecular complexity index is 1260. The molecule has 32 heavy (non-hydrogen) atoms. The summed E-state index contributed by atoms with van der Waals surface area (Å²) in [6.07, 6.45) is 9.05. The first kappa shape index (κ1) is 20.8. The van der Waals surface area contributed by atoms with E-state index < -0.39 is 0 Å². The maximum absolute atomic E-state index is 12.0. The lowest BCUT2D eigenvalue weighted by Gasteiger charge is -2.32. The van der Waals surface area contributed by atoms with Crippen LogP contribution < -0.4 is 0 Å². The van der Waals surface area contributed by atoms with Crippen molar-refractivity contribution in [2.45, 2.75) is 32.1 Å². The summed E-state index contributed by atoms with van der Waals surface area (Å²) in [4.78, 5) is 24.1. The van der Waals surface area contributed by atoms with E-state index in [0.717, 1.165) is 38.0 Å². The number of pyridine rings is 1. The van der Waals surface area contributed by atoms with Crippen molar-refractivity contribution in [1.29, 1.82) is 0 Å². The van der Waals surface area contributed by atoms with Crippen molar-refractivity contribution in [1.82, 2.24) is 24.2 Å². The Labute approximate surface area is 188 Å². The zero-order valence-electron chi connectivity index (χ0n) is 19.1. The number of imidazole rings is 1. The molecule has 4 heterocycles. The number of nitrogens with one attached hydrogen (secondary N) is 1. The van der Waals surface area contributed by atoms with Crippen LogP contribution in [0.4, 0.5) is 0 Å². The summed E-state index contributed by atoms with van der Waals surface area (Å²) in [7, 11) is 3.65. The van der Waals surface area contributed by atoms with Crippen LogP contribution in [0.25, 0.3) is 27.8 Å². The highest BCUT2D eigenvalue weighted by atomic mass is 16.2. The Morgan fingerprint density at radius 3 is 2.72 bits per heavy atom. The molecule has 0 saturated carbocycles. The van der Waals surface area contributed by atoms with Gasteiger partial charge in [-0.15, -0.1) is 0 Å². The Hall–Kier alpha value is -3.12. The van der Waals surface area contributed by atoms with Crippen molar-refractivity contribution in [2.75, 3.05) is 33.7 Å². The second-order valence-corrected chi connectivity index (χ2v) is 9.08. The molecule has 1 N–H and O–H groups in total. The molecule has 0 unspecified atom stereocenters. The van der Waals surface area contributed by atoms with Crippen LogP contribution in [-0.2, 0) is 11.2 Å². The second kappa shape index (κ2) is 8.43. The van der Waals surface area contributed by atoms with Crippen LogP contribution in [-0.4, -0.2) is 63.8 Å². The number of hydrogen-bond donors (Lipinski definition) is 1. The van der Waals surface area contributed by atoms with Crippen LogP contribution in [0.5, 0.6) is 0 Å². The van der Waals surface area contributed by atoms with Gasteiger partial charge in [0.15, 0.2) is 0 Å². The Kier molecular flexibility index (Phi) is 5.47. The van der Waals surface area contributed by atoms with E-state index in [1.807, 2.05) is 30.9 Å². The maximum Gasteiger partial charge on any atom is 0.236 e. The zero-order valence-corrected chi connectivity index (χ0v) is 19.1. The average Bonchev–Trinajstić information content (AvgIpc) is 3.42. The topological polar surface area (TPSA) is 56.6 Å². The minimum absolute atomic E-state index is 0.186. The number of hydrogen-bond acceptors (Lipinski definition) is 3. The highest BCUT2D eigenvalue weighted by molar-refractivity contribution is 5.91. The van der Waals surface area contributed by atoms with Crippen LogP contribution in [0.2, 0.25) is 0 Å². The molecule has 5 rings (SSSR count). The van der Waals surface area contributed by atoms with E-state index in [1.54, 1.807) is 4.90 Å². The zero-order chi connectivity index (χ0) is 22.2. The molecule has 0 atom stereocenters. The van der Waals surface area contributed by atoms with Gasteiger partial charge in [-0.3, -0.25) is 9.69 Å². The predicted octanol–water partition coefficient (Wildman–Crippen LogP) is 4.31. The number of fused-ring (bicyclic) bond motifs is 2. The van der Waals surface area contributed by atoms with Crippen molar-refractivity contribution in [3.8, 4) is 11.3 Å². The second-order valence-electron chi connectivity index (χ2n) is 9.08. The van der Waals surface area contributed by atoms with Crippen LogP contribution >= 0.6 is 0 Å². The lowest BCUT2D eigenvalue weighted by atomic mass is 9.88. The number of rotatable bonds is 5. The lowest BCUT2D eigenvalue weighted by molar-refractivity contribution is -0.130. The SMILES string of the molecule is CCc1c(-c2ccn3ccnc3c2)[nH]c2ccc(C3CCN(CC(=O)N(C)C)CC3)cc12. The van der Waals surface area contributed by atoms with E-state index in [4.69, 9.17) is 0 Å². The molecule has 1 amide bonds. The molecule has 1 aliphatic heterocycles. The molecule has 0 bridgehead atoms. The molecule has 0 aliphatic carbocycles. The van der Waals surface area contributed by atoms with Gasteiger partial charge >= 0.3 is 0 Å². The molecule has 1 aliphatic rings. The van der Waals surface area contributed by atoms with Crippen LogP contribution in [0.15, 0.2) is 48.9 Å². The minimum atomic E-state index is 0.186. The summed E-state index contributed by atoms with van der Waals surface area (Å²) in [5, 5.41) is 1.33. The number of carbonyl (C=O) groups is 1. The van der Waals surface area contributed by atoms with Gasteiger partial charge in [-0.2, -0.15) is 0 Å². The van der Waals surface area contributed by atoms with E-state index in [1.165, 1.54) is 33.3 Å². The molecule has 166 valence electrons. The third kappa shape index (κ3) is 3.79. The van der Waals surface area contributed by atoms with Crippen molar-refractivity contribution in [3.05, 3.63) is 60.0 Å². The smallest absolute Gasteiger partial charge is 0.236 e. The highest BCUT2D eigenvalue weighted by Gasteiger charge is 2.23. The molecule has 1 saturated heterocycles. The number of likely N-dealkylation sites (N-methyl/N-ethyl adjacent to an activating group) is 1. The number of aryl methyl sites for hydroxylation is 1. The van der Waals surface area contributed by atoms with Crippen molar-refractivity contribution >= 4 is 22.5 Å². The Morgan fingerprint density at radius 1 is 1.16 bits per heavy atom. The molecule has 6 heteroatoms. The molecule has 1 aromatic carbocycles. The summed E-state index contributed by atoms with van der Waals surface area (Å²) in [6, 6.07) is 11.2.